The molecule has 1 amide bonds. The minimum atomic E-state index is -1.28. The maximum atomic E-state index is 12.6. The number of amides is 1. The van der Waals surface area contributed by atoms with Crippen LogP contribution in [0.25, 0.3) is 0 Å². The van der Waals surface area contributed by atoms with Gasteiger partial charge in [0.1, 0.15) is 12.2 Å². The summed E-state index contributed by atoms with van der Waals surface area (Å²) in [7, 11) is 0. The van der Waals surface area contributed by atoms with E-state index >= 15 is 0 Å². The topological polar surface area (TPSA) is 110 Å². The minimum absolute atomic E-state index is 0.369. The van der Waals surface area contributed by atoms with Crippen LogP contribution in [0, 0.1) is 0 Å². The first-order chi connectivity index (χ1) is 32.0. The molecule has 0 bridgehead atoms. The number of aliphatic hydroxyl groups is 4. The Kier molecular flexibility index (Phi) is 53.2. The average Bonchev–Trinajstić information content (AvgIpc) is 3.31. The average molecular weight is 921 g/mol. The second kappa shape index (κ2) is 54.0. The molecule has 5 N–H and O–H groups in total. The molecule has 0 spiro atoms. The number of hydrogen-bond donors (Lipinski definition) is 5. The molecule has 0 aromatic rings. The lowest BCUT2D eigenvalue weighted by molar-refractivity contribution is -0.132. The first-order valence-electron chi connectivity index (χ1n) is 29.6. The standard InChI is InChI=1S/C59H117NO5/c1-3-5-7-9-11-13-15-17-19-21-23-24-25-26-27-28-29-30-31-32-33-34-35-37-39-41-43-45-47-49-51-53-57(63)59(65)60-55(54-61)58(64)56(62)52-50-48-46-44-42-40-38-36-22-20-18-16-14-12-10-8-6-4-2/h44,46,55-58,61-64H,3-43,45,47-54H2,1-2H3,(H,60,65)/b46-44+. The molecule has 388 valence electrons. The van der Waals surface area contributed by atoms with E-state index in [1.165, 1.54) is 263 Å². The van der Waals surface area contributed by atoms with Gasteiger partial charge in [0.15, 0.2) is 0 Å². The van der Waals surface area contributed by atoms with Crippen molar-refractivity contribution in [1.29, 1.82) is 0 Å². The van der Waals surface area contributed by atoms with Gasteiger partial charge in [-0.1, -0.05) is 302 Å². The molecule has 0 fully saturated rings. The lowest BCUT2D eigenvalue weighted by Gasteiger charge is -2.27. The molecule has 6 heteroatoms. The predicted octanol–water partition coefficient (Wildman–Crippen LogP) is 17.3. The van der Waals surface area contributed by atoms with Crippen LogP contribution in [0.4, 0.5) is 0 Å². The van der Waals surface area contributed by atoms with E-state index in [9.17, 15) is 25.2 Å². The molecular formula is C59H117NO5. The molecule has 4 atom stereocenters. The molecule has 0 saturated heterocycles. The lowest BCUT2D eigenvalue weighted by atomic mass is 10.00. The van der Waals surface area contributed by atoms with Crippen LogP contribution in [0.3, 0.4) is 0 Å². The van der Waals surface area contributed by atoms with E-state index in [1.807, 2.05) is 0 Å². The van der Waals surface area contributed by atoms with E-state index in [-0.39, 0.29) is 0 Å². The van der Waals surface area contributed by atoms with Crippen LogP contribution in [0.5, 0.6) is 0 Å². The Bertz CT molecular complexity index is 944. The van der Waals surface area contributed by atoms with Crippen LogP contribution in [0.1, 0.15) is 328 Å². The molecule has 0 radical (unpaired) electrons. The van der Waals surface area contributed by atoms with Gasteiger partial charge in [-0.15, -0.1) is 0 Å². The Morgan fingerprint density at radius 1 is 0.369 bits per heavy atom. The molecule has 0 aromatic heterocycles. The fraction of sp³-hybridized carbons (Fsp3) is 0.949. The summed E-state index contributed by atoms with van der Waals surface area (Å²) in [5.74, 6) is -0.586. The Morgan fingerprint density at radius 2 is 0.631 bits per heavy atom. The van der Waals surface area contributed by atoms with Gasteiger partial charge in [-0.05, 0) is 38.5 Å². The van der Waals surface area contributed by atoms with Crippen LogP contribution in [-0.2, 0) is 4.79 Å². The molecule has 6 nitrogen and oxygen atoms in total. The minimum Gasteiger partial charge on any atom is -0.394 e. The van der Waals surface area contributed by atoms with E-state index in [0.29, 0.717) is 12.8 Å². The molecule has 0 rings (SSSR count). The van der Waals surface area contributed by atoms with Crippen molar-refractivity contribution in [3.63, 3.8) is 0 Å². The number of allylic oxidation sites excluding steroid dienone is 2. The molecule has 65 heavy (non-hydrogen) atoms. The molecule has 4 unspecified atom stereocenters. The van der Waals surface area contributed by atoms with Gasteiger partial charge < -0.3 is 25.7 Å². The van der Waals surface area contributed by atoms with Crippen molar-refractivity contribution in [2.75, 3.05) is 6.61 Å². The summed E-state index contributed by atoms with van der Waals surface area (Å²) in [5, 5.41) is 44.0. The smallest absolute Gasteiger partial charge is 0.249 e. The van der Waals surface area contributed by atoms with E-state index in [2.05, 4.69) is 31.3 Å². The molecule has 0 aliphatic carbocycles. The van der Waals surface area contributed by atoms with Crippen molar-refractivity contribution in [1.82, 2.24) is 5.32 Å². The monoisotopic (exact) mass is 920 g/mol. The Morgan fingerprint density at radius 3 is 0.923 bits per heavy atom. The van der Waals surface area contributed by atoms with Crippen molar-refractivity contribution in [2.24, 2.45) is 0 Å². The second-order valence-electron chi connectivity index (χ2n) is 20.7. The van der Waals surface area contributed by atoms with Crippen LogP contribution in [0.2, 0.25) is 0 Å². The summed E-state index contributed by atoms with van der Waals surface area (Å²) in [5.41, 5.74) is 0. The SMILES string of the molecule is CCCCCCCCCCCCCCC/C=C/CCCC(O)C(O)C(CO)NC(=O)C(O)CCCCCCCCCCCCCCCCCCCCCCCCCCCCCCCCC. The first-order valence-corrected chi connectivity index (χ1v) is 29.6. The Labute approximate surface area is 406 Å². The normalized spacial score (nSPS) is 13.8. The van der Waals surface area contributed by atoms with Crippen molar-refractivity contribution in [2.45, 2.75) is 353 Å². The third kappa shape index (κ3) is 47.9. The van der Waals surface area contributed by atoms with Crippen LogP contribution in [0.15, 0.2) is 12.2 Å². The largest absolute Gasteiger partial charge is 0.394 e. The third-order valence-corrected chi connectivity index (χ3v) is 14.2. The number of nitrogens with one attached hydrogen (secondary N) is 1. The van der Waals surface area contributed by atoms with Crippen molar-refractivity contribution in [3.8, 4) is 0 Å². The second-order valence-corrected chi connectivity index (χ2v) is 20.7. The van der Waals surface area contributed by atoms with Crippen molar-refractivity contribution < 1.29 is 25.2 Å². The Hall–Kier alpha value is -0.950. The van der Waals surface area contributed by atoms with Gasteiger partial charge in [-0.3, -0.25) is 4.79 Å². The van der Waals surface area contributed by atoms with E-state index in [0.717, 1.165) is 38.5 Å². The predicted molar refractivity (Wildman–Crippen MR) is 284 cm³/mol. The first kappa shape index (κ1) is 64.0. The van der Waals surface area contributed by atoms with E-state index in [1.54, 1.807) is 0 Å². The summed E-state index contributed by atoms with van der Waals surface area (Å²) >= 11 is 0. The highest BCUT2D eigenvalue weighted by Gasteiger charge is 2.28. The number of carbonyl (C=O) groups excluding carboxylic acids is 1. The molecular weight excluding hydrogens is 803 g/mol. The molecule has 0 saturated carbocycles. The summed E-state index contributed by atoms with van der Waals surface area (Å²) < 4.78 is 0. The Balaban J connectivity index is 3.56. The highest BCUT2D eigenvalue weighted by molar-refractivity contribution is 5.80. The number of hydrogen-bond acceptors (Lipinski definition) is 5. The van der Waals surface area contributed by atoms with Gasteiger partial charge in [0, 0.05) is 0 Å². The zero-order chi connectivity index (χ0) is 47.4. The highest BCUT2D eigenvalue weighted by atomic mass is 16.3. The third-order valence-electron chi connectivity index (χ3n) is 14.2. The number of aliphatic hydroxyl groups excluding tert-OH is 4. The van der Waals surface area contributed by atoms with Gasteiger partial charge in [-0.25, -0.2) is 0 Å². The van der Waals surface area contributed by atoms with E-state index in [4.69, 9.17) is 0 Å². The van der Waals surface area contributed by atoms with Crippen molar-refractivity contribution >= 4 is 5.91 Å². The fourth-order valence-corrected chi connectivity index (χ4v) is 9.59. The zero-order valence-corrected chi connectivity index (χ0v) is 44.0. The van der Waals surface area contributed by atoms with Crippen LogP contribution >= 0.6 is 0 Å². The number of unbranched alkanes of at least 4 members (excludes halogenated alkanes) is 44. The quantitative estimate of drug-likeness (QED) is 0.0308. The van der Waals surface area contributed by atoms with Crippen LogP contribution < -0.4 is 5.32 Å². The summed E-state index contributed by atoms with van der Waals surface area (Å²) in [4.78, 5) is 12.6. The highest BCUT2D eigenvalue weighted by Crippen LogP contribution is 2.18. The maximum absolute atomic E-state index is 12.6. The summed E-state index contributed by atoms with van der Waals surface area (Å²) in [6.45, 7) is 4.08. The fourth-order valence-electron chi connectivity index (χ4n) is 9.59. The number of carbonyl (C=O) groups is 1. The summed E-state index contributed by atoms with van der Waals surface area (Å²) in [6.07, 6.45) is 64.4. The molecule has 0 aliphatic heterocycles. The van der Waals surface area contributed by atoms with Gasteiger partial charge in [0.05, 0.1) is 18.8 Å². The molecule has 0 heterocycles. The van der Waals surface area contributed by atoms with Gasteiger partial charge in [-0.2, -0.15) is 0 Å². The van der Waals surface area contributed by atoms with E-state index < -0.39 is 36.9 Å². The number of rotatable bonds is 55. The molecule has 0 aromatic carbocycles. The maximum Gasteiger partial charge on any atom is 0.249 e. The van der Waals surface area contributed by atoms with Gasteiger partial charge >= 0.3 is 0 Å². The van der Waals surface area contributed by atoms with Crippen molar-refractivity contribution in [3.05, 3.63) is 12.2 Å². The molecule has 0 aliphatic rings. The summed E-state index contributed by atoms with van der Waals surface area (Å²) in [6, 6.07) is -0.999. The van der Waals surface area contributed by atoms with Gasteiger partial charge in [0.25, 0.3) is 0 Å². The van der Waals surface area contributed by atoms with Crippen LogP contribution in [-0.4, -0.2) is 57.3 Å². The lowest BCUT2D eigenvalue weighted by Crippen LogP contribution is -2.53. The van der Waals surface area contributed by atoms with Gasteiger partial charge in [0.2, 0.25) is 5.91 Å². The zero-order valence-electron chi connectivity index (χ0n) is 44.0.